The lowest BCUT2D eigenvalue weighted by Gasteiger charge is -2.11. The van der Waals surface area contributed by atoms with Crippen LogP contribution < -0.4 is 16.4 Å². The Labute approximate surface area is 188 Å². The highest BCUT2D eigenvalue weighted by Gasteiger charge is 2.11. The zero-order valence-electron chi connectivity index (χ0n) is 16.2. The maximum atomic E-state index is 12.2. The molecule has 2 aromatic carbocycles. The summed E-state index contributed by atoms with van der Waals surface area (Å²) in [6.45, 7) is 2.08. The molecule has 0 spiro atoms. The standard InChI is InChI=1S/C20H20Cl2N6OS/c1-2-12-6-3-4-8-14(12)25-20-27-16(26-19(23)28-20)10-30-11-17(29)24-15-9-5-7-13(21)18(15)22/h3-9H,2,10-11H2,1H3,(H,24,29)(H3,23,25,26,27,28). The van der Waals surface area contributed by atoms with Gasteiger partial charge >= 0.3 is 0 Å². The Morgan fingerprint density at radius 2 is 1.83 bits per heavy atom. The van der Waals surface area contributed by atoms with Crippen molar-refractivity contribution in [3.05, 3.63) is 63.9 Å². The average molecular weight is 463 g/mol. The first kappa shape index (κ1) is 22.1. The maximum absolute atomic E-state index is 12.2. The zero-order valence-corrected chi connectivity index (χ0v) is 18.5. The summed E-state index contributed by atoms with van der Waals surface area (Å²) in [4.78, 5) is 24.9. The minimum atomic E-state index is -0.207. The molecule has 7 nitrogen and oxygen atoms in total. The van der Waals surface area contributed by atoms with Crippen LogP contribution >= 0.6 is 35.0 Å². The van der Waals surface area contributed by atoms with Crippen LogP contribution in [0.1, 0.15) is 18.3 Å². The molecule has 0 unspecified atom stereocenters. The van der Waals surface area contributed by atoms with Crippen molar-refractivity contribution < 1.29 is 4.79 Å². The van der Waals surface area contributed by atoms with Gasteiger partial charge in [0.15, 0.2) is 0 Å². The molecule has 1 aromatic heterocycles. The fourth-order valence-corrected chi connectivity index (χ4v) is 3.67. The SMILES string of the molecule is CCc1ccccc1Nc1nc(N)nc(CSCC(=O)Nc2cccc(Cl)c2Cl)n1. The summed E-state index contributed by atoms with van der Waals surface area (Å²) in [7, 11) is 0. The number of hydrogen-bond donors (Lipinski definition) is 3. The smallest absolute Gasteiger partial charge is 0.234 e. The van der Waals surface area contributed by atoms with Crippen molar-refractivity contribution in [2.75, 3.05) is 22.1 Å². The lowest BCUT2D eigenvalue weighted by molar-refractivity contribution is -0.113. The van der Waals surface area contributed by atoms with Crippen LogP contribution in [0, 0.1) is 0 Å². The topological polar surface area (TPSA) is 106 Å². The van der Waals surface area contributed by atoms with Gasteiger partial charge in [-0.25, -0.2) is 0 Å². The minimum absolute atomic E-state index is 0.118. The third kappa shape index (κ3) is 5.98. The molecule has 1 amide bonds. The van der Waals surface area contributed by atoms with Crippen LogP contribution in [0.15, 0.2) is 42.5 Å². The van der Waals surface area contributed by atoms with E-state index in [0.29, 0.717) is 33.3 Å². The number of halogens is 2. The Balaban J connectivity index is 1.59. The van der Waals surface area contributed by atoms with Crippen molar-refractivity contribution in [2.45, 2.75) is 19.1 Å². The van der Waals surface area contributed by atoms with Crippen LogP contribution in [-0.4, -0.2) is 26.6 Å². The zero-order chi connectivity index (χ0) is 21.5. The van der Waals surface area contributed by atoms with E-state index in [1.807, 2.05) is 24.3 Å². The second-order valence-electron chi connectivity index (χ2n) is 6.21. The summed E-state index contributed by atoms with van der Waals surface area (Å²) in [6.07, 6.45) is 0.873. The van der Waals surface area contributed by atoms with Crippen LogP contribution in [0.2, 0.25) is 10.0 Å². The van der Waals surface area contributed by atoms with E-state index < -0.39 is 0 Å². The highest BCUT2D eigenvalue weighted by Crippen LogP contribution is 2.29. The van der Waals surface area contributed by atoms with Crippen molar-refractivity contribution in [3.8, 4) is 0 Å². The summed E-state index contributed by atoms with van der Waals surface area (Å²) < 4.78 is 0. The average Bonchev–Trinajstić information content (AvgIpc) is 2.71. The van der Waals surface area contributed by atoms with Gasteiger partial charge in [-0.1, -0.05) is 54.4 Å². The van der Waals surface area contributed by atoms with E-state index >= 15 is 0 Å². The molecule has 156 valence electrons. The van der Waals surface area contributed by atoms with Crippen molar-refractivity contribution in [3.63, 3.8) is 0 Å². The number of hydrogen-bond acceptors (Lipinski definition) is 7. The van der Waals surface area contributed by atoms with Gasteiger partial charge < -0.3 is 16.4 Å². The van der Waals surface area contributed by atoms with E-state index in [9.17, 15) is 4.79 Å². The van der Waals surface area contributed by atoms with E-state index in [2.05, 4.69) is 32.5 Å². The number of para-hydroxylation sites is 1. The lowest BCUT2D eigenvalue weighted by atomic mass is 10.1. The molecular weight excluding hydrogens is 443 g/mol. The molecule has 4 N–H and O–H groups in total. The Kier molecular flexibility index (Phi) is 7.73. The quantitative estimate of drug-likeness (QED) is 0.435. The van der Waals surface area contributed by atoms with E-state index in [-0.39, 0.29) is 17.6 Å². The van der Waals surface area contributed by atoms with Gasteiger partial charge in [0.05, 0.1) is 27.2 Å². The van der Waals surface area contributed by atoms with Crippen LogP contribution in [0.3, 0.4) is 0 Å². The molecule has 0 fully saturated rings. The van der Waals surface area contributed by atoms with E-state index in [0.717, 1.165) is 17.7 Å². The molecule has 0 radical (unpaired) electrons. The van der Waals surface area contributed by atoms with Crippen molar-refractivity contribution in [1.82, 2.24) is 15.0 Å². The monoisotopic (exact) mass is 462 g/mol. The van der Waals surface area contributed by atoms with Gasteiger partial charge in [-0.05, 0) is 30.2 Å². The first-order valence-corrected chi connectivity index (χ1v) is 11.0. The first-order valence-electron chi connectivity index (χ1n) is 9.13. The summed E-state index contributed by atoms with van der Waals surface area (Å²) in [5.41, 5.74) is 8.36. The first-order chi connectivity index (χ1) is 14.5. The number of anilines is 4. The molecule has 0 saturated heterocycles. The molecule has 10 heteroatoms. The fraction of sp³-hybridized carbons (Fsp3) is 0.200. The molecule has 1 heterocycles. The van der Waals surface area contributed by atoms with Gasteiger partial charge in [0, 0.05) is 5.69 Å². The number of nitrogens with two attached hydrogens (primary N) is 1. The van der Waals surface area contributed by atoms with Crippen LogP contribution in [0.4, 0.5) is 23.3 Å². The molecule has 30 heavy (non-hydrogen) atoms. The second-order valence-corrected chi connectivity index (χ2v) is 7.98. The van der Waals surface area contributed by atoms with Crippen molar-refractivity contribution in [2.24, 2.45) is 0 Å². The Morgan fingerprint density at radius 1 is 1.07 bits per heavy atom. The van der Waals surface area contributed by atoms with Gasteiger partial charge in [-0.3, -0.25) is 4.79 Å². The van der Waals surface area contributed by atoms with Gasteiger partial charge in [-0.2, -0.15) is 15.0 Å². The predicted molar refractivity (Wildman–Crippen MR) is 125 cm³/mol. The maximum Gasteiger partial charge on any atom is 0.234 e. The Hall–Kier alpha value is -2.55. The number of carbonyl (C=O) groups excluding carboxylic acids is 1. The number of nitrogens with zero attached hydrogens (tertiary/aromatic N) is 3. The Bertz CT molecular complexity index is 1050. The van der Waals surface area contributed by atoms with Crippen LogP contribution in [-0.2, 0) is 17.0 Å². The largest absolute Gasteiger partial charge is 0.368 e. The predicted octanol–water partition coefficient (Wildman–Crippen LogP) is 4.94. The molecule has 3 rings (SSSR count). The summed E-state index contributed by atoms with van der Waals surface area (Å²) in [6, 6.07) is 13.0. The van der Waals surface area contributed by atoms with Gasteiger partial charge in [-0.15, -0.1) is 11.8 Å². The third-order valence-electron chi connectivity index (χ3n) is 4.03. The number of amides is 1. The number of aromatic nitrogens is 3. The molecule has 0 atom stereocenters. The number of carbonyl (C=O) groups is 1. The summed E-state index contributed by atoms with van der Waals surface area (Å²) in [5, 5.41) is 6.62. The van der Waals surface area contributed by atoms with E-state index in [1.54, 1.807) is 18.2 Å². The second kappa shape index (κ2) is 10.5. The van der Waals surface area contributed by atoms with Crippen molar-refractivity contribution in [1.29, 1.82) is 0 Å². The van der Waals surface area contributed by atoms with Crippen LogP contribution in [0.5, 0.6) is 0 Å². The number of nitrogens with one attached hydrogen (secondary N) is 2. The van der Waals surface area contributed by atoms with E-state index in [1.165, 1.54) is 11.8 Å². The summed E-state index contributed by atoms with van der Waals surface area (Å²) >= 11 is 13.4. The fourth-order valence-electron chi connectivity index (χ4n) is 2.65. The van der Waals surface area contributed by atoms with Gasteiger partial charge in [0.1, 0.15) is 5.82 Å². The highest BCUT2D eigenvalue weighted by atomic mass is 35.5. The molecule has 0 aliphatic heterocycles. The number of nitrogen functional groups attached to an aromatic ring is 1. The van der Waals surface area contributed by atoms with E-state index in [4.69, 9.17) is 28.9 Å². The minimum Gasteiger partial charge on any atom is -0.368 e. The van der Waals surface area contributed by atoms with Crippen molar-refractivity contribution >= 4 is 64.1 Å². The number of benzene rings is 2. The normalized spacial score (nSPS) is 10.6. The van der Waals surface area contributed by atoms with Crippen LogP contribution in [0.25, 0.3) is 0 Å². The number of thioether (sulfide) groups is 1. The molecular formula is C20H20Cl2N6OS. The third-order valence-corrected chi connectivity index (χ3v) is 5.78. The highest BCUT2D eigenvalue weighted by molar-refractivity contribution is 7.99. The Morgan fingerprint density at radius 3 is 2.63 bits per heavy atom. The molecule has 0 aliphatic carbocycles. The number of aryl methyl sites for hydroxylation is 1. The molecule has 0 aliphatic rings. The number of rotatable bonds is 8. The molecule has 0 bridgehead atoms. The summed E-state index contributed by atoms with van der Waals surface area (Å²) in [5.74, 6) is 1.35. The molecule has 0 saturated carbocycles. The van der Waals surface area contributed by atoms with Gasteiger partial charge in [0.2, 0.25) is 17.8 Å². The molecule has 3 aromatic rings. The van der Waals surface area contributed by atoms with Gasteiger partial charge in [0.25, 0.3) is 0 Å². The lowest BCUT2D eigenvalue weighted by Crippen LogP contribution is -2.15.